The summed E-state index contributed by atoms with van der Waals surface area (Å²) in [6.45, 7) is 3.77. The number of unbranched alkanes of at least 4 members (excludes halogenated alkanes) is 2. The van der Waals surface area contributed by atoms with Crippen LogP contribution in [-0.4, -0.2) is 21.7 Å². The second kappa shape index (κ2) is 9.26. The van der Waals surface area contributed by atoms with Gasteiger partial charge in [0.2, 0.25) is 0 Å². The fourth-order valence-electron chi connectivity index (χ4n) is 2.29. The van der Waals surface area contributed by atoms with E-state index in [1.54, 1.807) is 12.1 Å². The van der Waals surface area contributed by atoms with Gasteiger partial charge < -0.3 is 10.0 Å². The topological polar surface area (TPSA) is 47.3 Å². The molecule has 23 heavy (non-hydrogen) atoms. The molecule has 0 bridgehead atoms. The first-order valence-electron chi connectivity index (χ1n) is 8.03. The van der Waals surface area contributed by atoms with Crippen LogP contribution in [-0.2, 0) is 6.54 Å². The number of thioether (sulfide) groups is 1. The summed E-state index contributed by atoms with van der Waals surface area (Å²) in [7, 11) is 0. The molecule has 0 aliphatic heterocycles. The predicted octanol–water partition coefficient (Wildman–Crippen LogP) is 5.11. The molecule has 0 saturated heterocycles. The highest BCUT2D eigenvalue weighted by molar-refractivity contribution is 8.13. The molecule has 2 rings (SSSR count). The van der Waals surface area contributed by atoms with Crippen LogP contribution in [0.3, 0.4) is 0 Å². The van der Waals surface area contributed by atoms with Gasteiger partial charge >= 0.3 is 0 Å². The van der Waals surface area contributed by atoms with Crippen molar-refractivity contribution in [1.82, 2.24) is 4.90 Å². The first-order valence-corrected chi connectivity index (χ1v) is 8.85. The van der Waals surface area contributed by atoms with Crippen LogP contribution in [0.1, 0.15) is 31.7 Å². The molecule has 3 nitrogen and oxygen atoms in total. The van der Waals surface area contributed by atoms with Crippen molar-refractivity contribution in [3.8, 4) is 5.75 Å². The highest BCUT2D eigenvalue weighted by Crippen LogP contribution is 2.22. The van der Waals surface area contributed by atoms with Crippen molar-refractivity contribution in [2.45, 2.75) is 37.6 Å². The maximum absolute atomic E-state index is 9.41. The number of hydrogen-bond donors (Lipinski definition) is 2. The summed E-state index contributed by atoms with van der Waals surface area (Å²) in [6.07, 6.45) is 3.44. The van der Waals surface area contributed by atoms with Crippen LogP contribution in [0, 0.1) is 5.41 Å². The van der Waals surface area contributed by atoms with E-state index in [9.17, 15) is 5.11 Å². The zero-order valence-electron chi connectivity index (χ0n) is 13.5. The number of amidine groups is 1. The number of phenolic OH excluding ortho intramolecular Hbond substituents is 1. The summed E-state index contributed by atoms with van der Waals surface area (Å²) in [4.78, 5) is 3.20. The molecule has 0 aromatic heterocycles. The van der Waals surface area contributed by atoms with Crippen molar-refractivity contribution in [3.63, 3.8) is 0 Å². The minimum Gasteiger partial charge on any atom is -0.508 e. The summed E-state index contributed by atoms with van der Waals surface area (Å²) in [6, 6.07) is 17.3. The molecule has 0 radical (unpaired) electrons. The molecule has 122 valence electrons. The van der Waals surface area contributed by atoms with Crippen molar-refractivity contribution >= 4 is 16.9 Å². The maximum Gasteiger partial charge on any atom is 0.161 e. The van der Waals surface area contributed by atoms with E-state index in [0.717, 1.165) is 23.4 Å². The van der Waals surface area contributed by atoms with Crippen LogP contribution in [0.2, 0.25) is 0 Å². The Labute approximate surface area is 142 Å². The van der Waals surface area contributed by atoms with Crippen LogP contribution < -0.4 is 0 Å². The molecule has 4 heteroatoms. The number of benzene rings is 2. The van der Waals surface area contributed by atoms with E-state index < -0.39 is 0 Å². The molecule has 0 heterocycles. The highest BCUT2D eigenvalue weighted by Gasteiger charge is 2.12. The minimum absolute atomic E-state index is 0.278. The van der Waals surface area contributed by atoms with Gasteiger partial charge in [0.15, 0.2) is 5.17 Å². The van der Waals surface area contributed by atoms with E-state index >= 15 is 0 Å². The molecular formula is C19H24N2OS. The molecule has 0 spiro atoms. The quantitative estimate of drug-likeness (QED) is 0.321. The molecule has 0 fully saturated rings. The summed E-state index contributed by atoms with van der Waals surface area (Å²) in [5.74, 6) is 0.278. The molecule has 2 aromatic rings. The lowest BCUT2D eigenvalue weighted by Gasteiger charge is -2.25. The largest absolute Gasteiger partial charge is 0.508 e. The molecule has 0 atom stereocenters. The molecule has 0 aliphatic carbocycles. The molecule has 0 aliphatic rings. The Morgan fingerprint density at radius 2 is 1.74 bits per heavy atom. The van der Waals surface area contributed by atoms with Crippen LogP contribution in [0.5, 0.6) is 5.75 Å². The van der Waals surface area contributed by atoms with Gasteiger partial charge in [0.05, 0.1) is 0 Å². The Bertz CT molecular complexity index is 599. The SMILES string of the molecule is CCCCCN(Cc1ccc(O)cc1)C(=N)Sc1ccccc1. The predicted molar refractivity (Wildman–Crippen MR) is 98.1 cm³/mol. The lowest BCUT2D eigenvalue weighted by Crippen LogP contribution is -2.28. The third-order valence-electron chi connectivity index (χ3n) is 3.59. The van der Waals surface area contributed by atoms with E-state index in [-0.39, 0.29) is 5.75 Å². The molecule has 0 unspecified atom stereocenters. The zero-order chi connectivity index (χ0) is 16.5. The summed E-state index contributed by atoms with van der Waals surface area (Å²) in [5.41, 5.74) is 1.11. The Hall–Kier alpha value is -1.94. The number of nitrogens with zero attached hydrogens (tertiary/aromatic N) is 1. The number of phenols is 1. The van der Waals surface area contributed by atoms with Crippen molar-refractivity contribution in [3.05, 3.63) is 60.2 Å². The lowest BCUT2D eigenvalue weighted by molar-refractivity contribution is 0.402. The lowest BCUT2D eigenvalue weighted by atomic mass is 10.2. The van der Waals surface area contributed by atoms with E-state index in [1.807, 2.05) is 42.5 Å². The van der Waals surface area contributed by atoms with E-state index in [4.69, 9.17) is 5.41 Å². The molecular weight excluding hydrogens is 304 g/mol. The minimum atomic E-state index is 0.278. The van der Waals surface area contributed by atoms with Gasteiger partial charge in [-0.25, -0.2) is 0 Å². The second-order valence-electron chi connectivity index (χ2n) is 5.52. The average molecular weight is 328 g/mol. The van der Waals surface area contributed by atoms with E-state index in [2.05, 4.69) is 11.8 Å². The van der Waals surface area contributed by atoms with Gasteiger partial charge in [-0.05, 0) is 36.2 Å². The van der Waals surface area contributed by atoms with Gasteiger partial charge in [-0.15, -0.1) is 0 Å². The van der Waals surface area contributed by atoms with Crippen molar-refractivity contribution < 1.29 is 5.11 Å². The number of nitrogens with one attached hydrogen (secondary N) is 1. The van der Waals surface area contributed by atoms with Crippen LogP contribution >= 0.6 is 11.8 Å². The molecule has 0 saturated carbocycles. The van der Waals surface area contributed by atoms with Gasteiger partial charge in [0, 0.05) is 18.0 Å². The highest BCUT2D eigenvalue weighted by atomic mass is 32.2. The van der Waals surface area contributed by atoms with Crippen LogP contribution in [0.15, 0.2) is 59.5 Å². The van der Waals surface area contributed by atoms with Gasteiger partial charge in [0.1, 0.15) is 5.75 Å². The average Bonchev–Trinajstić information content (AvgIpc) is 2.57. The number of hydrogen-bond acceptors (Lipinski definition) is 3. The third-order valence-corrected chi connectivity index (χ3v) is 4.55. The Morgan fingerprint density at radius 3 is 2.39 bits per heavy atom. The zero-order valence-corrected chi connectivity index (χ0v) is 14.4. The molecule has 2 aromatic carbocycles. The van der Waals surface area contributed by atoms with Crippen molar-refractivity contribution in [2.24, 2.45) is 0 Å². The number of aromatic hydroxyl groups is 1. The first kappa shape index (κ1) is 17.4. The fraction of sp³-hybridized carbons (Fsp3) is 0.316. The standard InChI is InChI=1S/C19H24N2OS/c1-2-3-7-14-21(15-16-10-12-17(22)13-11-16)19(20)23-18-8-5-4-6-9-18/h4-6,8-13,20,22H,2-3,7,14-15H2,1H3. The van der Waals surface area contributed by atoms with Gasteiger partial charge in [0.25, 0.3) is 0 Å². The first-order chi connectivity index (χ1) is 11.2. The van der Waals surface area contributed by atoms with Gasteiger partial charge in [-0.3, -0.25) is 5.41 Å². The summed E-state index contributed by atoms with van der Waals surface area (Å²) >= 11 is 1.49. The van der Waals surface area contributed by atoms with Gasteiger partial charge in [-0.1, -0.05) is 61.9 Å². The fourth-order valence-corrected chi connectivity index (χ4v) is 3.09. The Balaban J connectivity index is 2.03. The third kappa shape index (κ3) is 5.99. The van der Waals surface area contributed by atoms with Crippen molar-refractivity contribution in [1.29, 1.82) is 5.41 Å². The summed E-state index contributed by atoms with van der Waals surface area (Å²) < 4.78 is 0. The number of rotatable bonds is 7. The smallest absolute Gasteiger partial charge is 0.161 e. The van der Waals surface area contributed by atoms with Crippen LogP contribution in [0.25, 0.3) is 0 Å². The molecule has 0 amide bonds. The van der Waals surface area contributed by atoms with Crippen LogP contribution in [0.4, 0.5) is 0 Å². The van der Waals surface area contributed by atoms with Gasteiger partial charge in [-0.2, -0.15) is 0 Å². The van der Waals surface area contributed by atoms with Crippen molar-refractivity contribution in [2.75, 3.05) is 6.54 Å². The normalized spacial score (nSPS) is 10.5. The van der Waals surface area contributed by atoms with E-state index in [0.29, 0.717) is 11.7 Å². The monoisotopic (exact) mass is 328 g/mol. The van der Waals surface area contributed by atoms with E-state index in [1.165, 1.54) is 24.6 Å². The maximum atomic E-state index is 9.41. The Morgan fingerprint density at radius 1 is 1.04 bits per heavy atom. The Kier molecular flexibility index (Phi) is 7.01. The second-order valence-corrected chi connectivity index (χ2v) is 6.58. The molecule has 2 N–H and O–H groups in total. The summed E-state index contributed by atoms with van der Waals surface area (Å²) in [5, 5.41) is 18.4.